The minimum atomic E-state index is -0.250. The Bertz CT molecular complexity index is 690. The molecule has 0 aliphatic heterocycles. The van der Waals surface area contributed by atoms with E-state index in [0.29, 0.717) is 16.6 Å². The SMILES string of the molecule is CCc1nc(CN(C)C(=O)C(C)Sc2cc(Cl)ccc2Cl)cs1. The minimum absolute atomic E-state index is 0.0390. The van der Waals surface area contributed by atoms with Gasteiger partial charge in [0.05, 0.1) is 27.5 Å². The molecule has 1 atom stereocenters. The predicted molar refractivity (Wildman–Crippen MR) is 99.7 cm³/mol. The van der Waals surface area contributed by atoms with Crippen LogP contribution in [0.4, 0.5) is 0 Å². The Kier molecular flexibility index (Phi) is 6.77. The molecule has 0 saturated heterocycles. The standard InChI is InChI=1S/C16H18Cl2N2OS2/c1-4-15-19-12(9-22-15)8-20(3)16(21)10(2)23-14-7-11(17)5-6-13(14)18/h5-7,9-10H,4,8H2,1-3H3. The van der Waals surface area contributed by atoms with Crippen LogP contribution in [0, 0.1) is 0 Å². The first kappa shape index (κ1) is 18.6. The molecule has 7 heteroatoms. The largest absolute Gasteiger partial charge is 0.339 e. The molecule has 23 heavy (non-hydrogen) atoms. The van der Waals surface area contributed by atoms with E-state index in [-0.39, 0.29) is 11.2 Å². The smallest absolute Gasteiger partial charge is 0.235 e. The molecule has 2 rings (SSSR count). The normalized spacial score (nSPS) is 12.2. The van der Waals surface area contributed by atoms with Gasteiger partial charge in [-0.3, -0.25) is 4.79 Å². The summed E-state index contributed by atoms with van der Waals surface area (Å²) in [6.07, 6.45) is 0.918. The van der Waals surface area contributed by atoms with Gasteiger partial charge < -0.3 is 4.90 Å². The van der Waals surface area contributed by atoms with Crippen LogP contribution in [0.3, 0.4) is 0 Å². The lowest BCUT2D eigenvalue weighted by Crippen LogP contribution is -2.32. The van der Waals surface area contributed by atoms with E-state index < -0.39 is 0 Å². The van der Waals surface area contributed by atoms with Crippen LogP contribution < -0.4 is 0 Å². The number of halogens is 2. The van der Waals surface area contributed by atoms with Crippen LogP contribution in [-0.2, 0) is 17.8 Å². The third kappa shape index (κ3) is 5.11. The molecule has 0 N–H and O–H groups in total. The molecule has 0 bridgehead atoms. The van der Waals surface area contributed by atoms with Crippen LogP contribution in [0.2, 0.25) is 10.0 Å². The lowest BCUT2D eigenvalue weighted by Gasteiger charge is -2.20. The highest BCUT2D eigenvalue weighted by molar-refractivity contribution is 8.00. The van der Waals surface area contributed by atoms with E-state index in [9.17, 15) is 4.79 Å². The molecule has 0 radical (unpaired) electrons. The molecule has 0 aliphatic carbocycles. The number of carbonyl (C=O) groups is 1. The molecule has 1 aromatic carbocycles. The Hall–Kier alpha value is -0.750. The highest BCUT2D eigenvalue weighted by Crippen LogP contribution is 2.33. The number of hydrogen-bond acceptors (Lipinski definition) is 4. The van der Waals surface area contributed by atoms with Crippen molar-refractivity contribution in [3.05, 3.63) is 44.3 Å². The molecule has 124 valence electrons. The van der Waals surface area contributed by atoms with Crippen molar-refractivity contribution in [3.63, 3.8) is 0 Å². The molecule has 1 amide bonds. The maximum atomic E-state index is 12.5. The van der Waals surface area contributed by atoms with Gasteiger partial charge in [0.2, 0.25) is 5.91 Å². The molecule has 2 aromatic rings. The number of rotatable bonds is 6. The van der Waals surface area contributed by atoms with Crippen molar-refractivity contribution >= 4 is 52.2 Å². The maximum Gasteiger partial charge on any atom is 0.235 e. The summed E-state index contributed by atoms with van der Waals surface area (Å²) < 4.78 is 0. The summed E-state index contributed by atoms with van der Waals surface area (Å²) in [5, 5.41) is 4.07. The van der Waals surface area contributed by atoms with Crippen molar-refractivity contribution in [1.82, 2.24) is 9.88 Å². The van der Waals surface area contributed by atoms with Crippen molar-refractivity contribution in [2.24, 2.45) is 0 Å². The van der Waals surface area contributed by atoms with Crippen molar-refractivity contribution in [3.8, 4) is 0 Å². The van der Waals surface area contributed by atoms with E-state index in [1.807, 2.05) is 12.3 Å². The molecule has 0 spiro atoms. The second kappa shape index (κ2) is 8.38. The number of carbonyl (C=O) groups excluding carboxylic acids is 1. The molecule has 0 fully saturated rings. The second-order valence-electron chi connectivity index (χ2n) is 5.12. The van der Waals surface area contributed by atoms with E-state index >= 15 is 0 Å². The number of aryl methyl sites for hydroxylation is 1. The second-order valence-corrected chi connectivity index (χ2v) is 8.28. The number of thioether (sulfide) groups is 1. The zero-order valence-corrected chi connectivity index (χ0v) is 16.3. The number of aromatic nitrogens is 1. The summed E-state index contributed by atoms with van der Waals surface area (Å²) in [7, 11) is 1.80. The van der Waals surface area contributed by atoms with Crippen LogP contribution in [-0.4, -0.2) is 28.1 Å². The molecule has 1 aromatic heterocycles. The van der Waals surface area contributed by atoms with Gasteiger partial charge in [0, 0.05) is 22.3 Å². The third-order valence-electron chi connectivity index (χ3n) is 3.22. The first-order chi connectivity index (χ1) is 10.9. The first-order valence-electron chi connectivity index (χ1n) is 7.20. The lowest BCUT2D eigenvalue weighted by molar-refractivity contribution is -0.129. The van der Waals surface area contributed by atoms with Gasteiger partial charge in [-0.25, -0.2) is 4.98 Å². The minimum Gasteiger partial charge on any atom is -0.339 e. The molecule has 3 nitrogen and oxygen atoms in total. The highest BCUT2D eigenvalue weighted by atomic mass is 35.5. The fraction of sp³-hybridized carbons (Fsp3) is 0.375. The molecular formula is C16H18Cl2N2OS2. The zero-order chi connectivity index (χ0) is 17.0. The average Bonchev–Trinajstić information content (AvgIpc) is 2.97. The van der Waals surface area contributed by atoms with E-state index in [2.05, 4.69) is 11.9 Å². The summed E-state index contributed by atoms with van der Waals surface area (Å²) in [5.41, 5.74) is 0.931. The maximum absolute atomic E-state index is 12.5. The van der Waals surface area contributed by atoms with Gasteiger partial charge in [-0.15, -0.1) is 23.1 Å². The quantitative estimate of drug-likeness (QED) is 0.641. The van der Waals surface area contributed by atoms with E-state index in [0.717, 1.165) is 22.0 Å². The summed E-state index contributed by atoms with van der Waals surface area (Å²) >= 11 is 15.2. The van der Waals surface area contributed by atoms with E-state index in [1.54, 1.807) is 41.5 Å². The van der Waals surface area contributed by atoms with Gasteiger partial charge in [-0.2, -0.15) is 0 Å². The van der Waals surface area contributed by atoms with Crippen LogP contribution in [0.25, 0.3) is 0 Å². The number of thiazole rings is 1. The Morgan fingerprint density at radius 2 is 2.17 bits per heavy atom. The van der Waals surface area contributed by atoms with Crippen molar-refractivity contribution in [1.29, 1.82) is 0 Å². The monoisotopic (exact) mass is 388 g/mol. The highest BCUT2D eigenvalue weighted by Gasteiger charge is 2.20. The number of nitrogens with zero attached hydrogens (tertiary/aromatic N) is 2. The van der Waals surface area contributed by atoms with Crippen molar-refractivity contribution in [2.75, 3.05) is 7.05 Å². The van der Waals surface area contributed by atoms with Crippen LogP contribution >= 0.6 is 46.3 Å². The summed E-state index contributed by atoms with van der Waals surface area (Å²) in [4.78, 5) is 19.5. The predicted octanol–water partition coefficient (Wildman–Crippen LogP) is 5.15. The van der Waals surface area contributed by atoms with Gasteiger partial charge >= 0.3 is 0 Å². The summed E-state index contributed by atoms with van der Waals surface area (Å²) in [6, 6.07) is 5.26. The van der Waals surface area contributed by atoms with E-state index in [1.165, 1.54) is 11.8 Å². The Balaban J connectivity index is 1.99. The molecule has 0 aliphatic rings. The van der Waals surface area contributed by atoms with Gasteiger partial charge in [0.15, 0.2) is 0 Å². The van der Waals surface area contributed by atoms with Crippen molar-refractivity contribution < 1.29 is 4.79 Å². The summed E-state index contributed by atoms with van der Waals surface area (Å²) in [5.74, 6) is 0.0390. The molecule has 1 heterocycles. The lowest BCUT2D eigenvalue weighted by atomic mass is 10.3. The summed E-state index contributed by atoms with van der Waals surface area (Å²) in [6.45, 7) is 4.47. The van der Waals surface area contributed by atoms with Gasteiger partial charge in [-0.1, -0.05) is 30.1 Å². The zero-order valence-electron chi connectivity index (χ0n) is 13.2. The fourth-order valence-corrected chi connectivity index (χ4v) is 4.28. The number of amides is 1. The van der Waals surface area contributed by atoms with Gasteiger partial charge in [-0.05, 0) is 31.5 Å². The van der Waals surface area contributed by atoms with E-state index in [4.69, 9.17) is 23.2 Å². The van der Waals surface area contributed by atoms with Crippen LogP contribution in [0.15, 0.2) is 28.5 Å². The van der Waals surface area contributed by atoms with Gasteiger partial charge in [0.25, 0.3) is 0 Å². The first-order valence-corrected chi connectivity index (χ1v) is 9.72. The number of hydrogen-bond donors (Lipinski definition) is 0. The Morgan fingerprint density at radius 1 is 1.43 bits per heavy atom. The number of benzene rings is 1. The third-order valence-corrected chi connectivity index (χ3v) is 6.09. The Labute approximate surface area is 155 Å². The van der Waals surface area contributed by atoms with Crippen molar-refractivity contribution in [2.45, 2.75) is 37.0 Å². The van der Waals surface area contributed by atoms with Crippen LogP contribution in [0.1, 0.15) is 24.5 Å². The molecule has 0 saturated carbocycles. The fourth-order valence-electron chi connectivity index (χ4n) is 2.02. The Morgan fingerprint density at radius 3 is 2.83 bits per heavy atom. The van der Waals surface area contributed by atoms with Crippen LogP contribution in [0.5, 0.6) is 0 Å². The molecule has 1 unspecified atom stereocenters. The average molecular weight is 389 g/mol. The van der Waals surface area contributed by atoms with Gasteiger partial charge in [0.1, 0.15) is 0 Å². The molecular weight excluding hydrogens is 371 g/mol. The topological polar surface area (TPSA) is 33.2 Å².